The fourth-order valence-electron chi connectivity index (χ4n) is 2.28. The van der Waals surface area contributed by atoms with Crippen molar-refractivity contribution in [1.82, 2.24) is 14.7 Å². The lowest BCUT2D eigenvalue weighted by Crippen LogP contribution is -2.41. The first kappa shape index (κ1) is 14.8. The molecule has 112 valence electrons. The Morgan fingerprint density at radius 3 is 2.60 bits per heavy atom. The van der Waals surface area contributed by atoms with E-state index in [9.17, 15) is 4.79 Å². The summed E-state index contributed by atoms with van der Waals surface area (Å²) in [5, 5.41) is 16.2. The van der Waals surface area contributed by atoms with Crippen LogP contribution in [0.4, 0.5) is 10.5 Å². The van der Waals surface area contributed by atoms with E-state index in [0.717, 1.165) is 12.8 Å². The van der Waals surface area contributed by atoms with Crippen molar-refractivity contribution in [2.24, 2.45) is 5.92 Å². The highest BCUT2D eigenvalue weighted by Crippen LogP contribution is 2.19. The number of piperidine rings is 1. The Morgan fingerprint density at radius 2 is 2.10 bits per heavy atom. The summed E-state index contributed by atoms with van der Waals surface area (Å²) < 4.78 is 1.83. The van der Waals surface area contributed by atoms with E-state index in [1.54, 1.807) is 11.1 Å². The number of nitrogens with zero attached hydrogens (tertiary/aromatic N) is 3. The molecule has 0 atom stereocenters. The van der Waals surface area contributed by atoms with E-state index in [4.69, 9.17) is 5.11 Å². The average molecular weight is 280 g/mol. The molecule has 0 saturated carbocycles. The van der Waals surface area contributed by atoms with Gasteiger partial charge in [0.15, 0.2) is 0 Å². The number of likely N-dealkylation sites (tertiary alicyclic amines) is 1. The Balaban J connectivity index is 1.90. The number of nitrogens with one attached hydrogen (secondary N) is 1. The van der Waals surface area contributed by atoms with Crippen LogP contribution in [0.15, 0.2) is 12.4 Å². The van der Waals surface area contributed by atoms with E-state index in [0.29, 0.717) is 24.7 Å². The molecular weight excluding hydrogens is 256 g/mol. The van der Waals surface area contributed by atoms with Crippen LogP contribution in [-0.2, 0) is 5.54 Å². The van der Waals surface area contributed by atoms with Crippen molar-refractivity contribution < 1.29 is 9.90 Å². The number of urea groups is 1. The Bertz CT molecular complexity index is 456. The molecule has 6 nitrogen and oxygen atoms in total. The van der Waals surface area contributed by atoms with Gasteiger partial charge in [0, 0.05) is 25.9 Å². The maximum atomic E-state index is 12.1. The molecule has 0 spiro atoms. The number of hydrogen-bond donors (Lipinski definition) is 2. The lowest BCUT2D eigenvalue weighted by molar-refractivity contribution is 0.143. The van der Waals surface area contributed by atoms with Crippen LogP contribution < -0.4 is 5.32 Å². The maximum Gasteiger partial charge on any atom is 0.321 e. The van der Waals surface area contributed by atoms with Crippen LogP contribution in [0.3, 0.4) is 0 Å². The van der Waals surface area contributed by atoms with Crippen molar-refractivity contribution >= 4 is 11.7 Å². The fourth-order valence-corrected chi connectivity index (χ4v) is 2.28. The Hall–Kier alpha value is -1.56. The van der Waals surface area contributed by atoms with Crippen LogP contribution >= 0.6 is 0 Å². The predicted molar refractivity (Wildman–Crippen MR) is 77.6 cm³/mol. The van der Waals surface area contributed by atoms with Crippen LogP contribution in [0.25, 0.3) is 0 Å². The smallest absolute Gasteiger partial charge is 0.321 e. The fraction of sp³-hybridized carbons (Fsp3) is 0.714. The van der Waals surface area contributed by atoms with Gasteiger partial charge >= 0.3 is 6.03 Å². The molecule has 1 aliphatic rings. The van der Waals surface area contributed by atoms with E-state index in [-0.39, 0.29) is 18.2 Å². The molecule has 2 amide bonds. The largest absolute Gasteiger partial charge is 0.396 e. The highest BCUT2D eigenvalue weighted by Gasteiger charge is 2.23. The quantitative estimate of drug-likeness (QED) is 0.869. The zero-order valence-corrected chi connectivity index (χ0v) is 12.5. The van der Waals surface area contributed by atoms with E-state index in [2.05, 4.69) is 31.2 Å². The molecule has 0 aliphatic carbocycles. The summed E-state index contributed by atoms with van der Waals surface area (Å²) in [5.41, 5.74) is 0.622. The first-order valence-electron chi connectivity index (χ1n) is 7.12. The Morgan fingerprint density at radius 1 is 1.45 bits per heavy atom. The van der Waals surface area contributed by atoms with Gasteiger partial charge in [-0.15, -0.1) is 0 Å². The second-order valence-corrected chi connectivity index (χ2v) is 6.39. The summed E-state index contributed by atoms with van der Waals surface area (Å²) in [6.07, 6.45) is 5.25. The van der Waals surface area contributed by atoms with E-state index in [1.165, 1.54) is 0 Å². The number of aliphatic hydroxyl groups excluding tert-OH is 1. The molecule has 1 aromatic heterocycles. The van der Waals surface area contributed by atoms with Crippen LogP contribution in [0.1, 0.15) is 33.6 Å². The molecule has 6 heteroatoms. The molecule has 2 rings (SSSR count). The average Bonchev–Trinajstić information content (AvgIpc) is 2.87. The van der Waals surface area contributed by atoms with Crippen LogP contribution in [0.2, 0.25) is 0 Å². The molecule has 2 heterocycles. The number of hydrogen-bond acceptors (Lipinski definition) is 3. The van der Waals surface area contributed by atoms with Crippen molar-refractivity contribution in [3.63, 3.8) is 0 Å². The number of carbonyl (C=O) groups excluding carboxylic acids is 1. The first-order valence-corrected chi connectivity index (χ1v) is 7.12. The zero-order valence-electron chi connectivity index (χ0n) is 12.5. The third-order valence-corrected chi connectivity index (χ3v) is 3.68. The number of anilines is 1. The molecule has 0 bridgehead atoms. The third-order valence-electron chi connectivity index (χ3n) is 3.68. The van der Waals surface area contributed by atoms with Crippen molar-refractivity contribution in [2.75, 3.05) is 25.0 Å². The van der Waals surface area contributed by atoms with Gasteiger partial charge in [-0.05, 0) is 39.5 Å². The van der Waals surface area contributed by atoms with E-state index < -0.39 is 0 Å². The monoisotopic (exact) mass is 280 g/mol. The van der Waals surface area contributed by atoms with Gasteiger partial charge in [0.2, 0.25) is 0 Å². The molecular formula is C14H24N4O2. The minimum absolute atomic E-state index is 0.0881. The summed E-state index contributed by atoms with van der Waals surface area (Å²) in [7, 11) is 0. The number of aromatic nitrogens is 2. The molecule has 2 N–H and O–H groups in total. The standard InChI is InChI=1S/C14H24N4O2/c1-14(2,3)18-9-12(8-15-18)16-13(20)17-6-4-11(10-19)5-7-17/h8-9,11,19H,4-7,10H2,1-3H3,(H,16,20). The van der Waals surface area contributed by atoms with E-state index >= 15 is 0 Å². The van der Waals surface area contributed by atoms with Gasteiger partial charge in [-0.25, -0.2) is 4.79 Å². The highest BCUT2D eigenvalue weighted by molar-refractivity contribution is 5.89. The number of aliphatic hydroxyl groups is 1. The van der Waals surface area contributed by atoms with Gasteiger partial charge in [0.05, 0.1) is 17.4 Å². The summed E-state index contributed by atoms with van der Waals surface area (Å²) in [4.78, 5) is 13.9. The maximum absolute atomic E-state index is 12.1. The SMILES string of the molecule is CC(C)(C)n1cc(NC(=O)N2CCC(CO)CC2)cn1. The summed E-state index contributed by atoms with van der Waals surface area (Å²) in [6.45, 7) is 7.80. The summed E-state index contributed by atoms with van der Waals surface area (Å²) >= 11 is 0. The number of amides is 2. The molecule has 1 saturated heterocycles. The molecule has 20 heavy (non-hydrogen) atoms. The van der Waals surface area contributed by atoms with Gasteiger partial charge < -0.3 is 15.3 Å². The van der Waals surface area contributed by atoms with Gasteiger partial charge in [-0.2, -0.15) is 5.10 Å². The molecule has 1 aliphatic heterocycles. The second-order valence-electron chi connectivity index (χ2n) is 6.39. The molecule has 1 fully saturated rings. The minimum atomic E-state index is -0.0948. The van der Waals surface area contributed by atoms with Gasteiger partial charge in [-0.3, -0.25) is 4.68 Å². The first-order chi connectivity index (χ1) is 9.40. The lowest BCUT2D eigenvalue weighted by Gasteiger charge is -2.30. The van der Waals surface area contributed by atoms with Crippen LogP contribution in [0.5, 0.6) is 0 Å². The number of carbonyl (C=O) groups is 1. The Kier molecular flexibility index (Phi) is 4.32. The zero-order chi connectivity index (χ0) is 14.8. The summed E-state index contributed by atoms with van der Waals surface area (Å²) in [6, 6.07) is -0.0881. The molecule has 1 aromatic rings. The van der Waals surface area contributed by atoms with Crippen LogP contribution in [0, 0.1) is 5.92 Å². The third kappa shape index (κ3) is 3.50. The van der Waals surface area contributed by atoms with Crippen molar-refractivity contribution in [2.45, 2.75) is 39.2 Å². The van der Waals surface area contributed by atoms with Gasteiger partial charge in [0.25, 0.3) is 0 Å². The van der Waals surface area contributed by atoms with Gasteiger partial charge in [0.1, 0.15) is 0 Å². The minimum Gasteiger partial charge on any atom is -0.396 e. The normalized spacial score (nSPS) is 17.3. The van der Waals surface area contributed by atoms with Crippen molar-refractivity contribution in [3.8, 4) is 0 Å². The van der Waals surface area contributed by atoms with Crippen molar-refractivity contribution in [1.29, 1.82) is 0 Å². The molecule has 0 radical (unpaired) electrons. The van der Waals surface area contributed by atoms with Crippen molar-refractivity contribution in [3.05, 3.63) is 12.4 Å². The predicted octanol–water partition coefficient (Wildman–Crippen LogP) is 1.87. The topological polar surface area (TPSA) is 70.4 Å². The molecule has 0 aromatic carbocycles. The Labute approximate surface area is 119 Å². The molecule has 0 unspecified atom stereocenters. The van der Waals surface area contributed by atoms with E-state index in [1.807, 2.05) is 10.9 Å². The summed E-state index contributed by atoms with van der Waals surface area (Å²) in [5.74, 6) is 0.336. The number of rotatable bonds is 2. The van der Waals surface area contributed by atoms with Crippen LogP contribution in [-0.4, -0.2) is 45.5 Å². The highest BCUT2D eigenvalue weighted by atomic mass is 16.3. The second kappa shape index (κ2) is 5.83. The van der Waals surface area contributed by atoms with Gasteiger partial charge in [-0.1, -0.05) is 0 Å². The lowest BCUT2D eigenvalue weighted by atomic mass is 9.98.